The van der Waals surface area contributed by atoms with E-state index in [9.17, 15) is 13.6 Å². The molecule has 3 nitrogen and oxygen atoms in total. The molecule has 1 aromatic rings. The average molecular weight is 242 g/mol. The number of hydrogen-bond donors (Lipinski definition) is 2. The van der Waals surface area contributed by atoms with Crippen LogP contribution in [0, 0.1) is 11.6 Å². The summed E-state index contributed by atoms with van der Waals surface area (Å²) >= 11 is 0. The number of halogens is 2. The second-order valence-electron chi connectivity index (χ2n) is 3.90. The normalized spacial score (nSPS) is 12.2. The fourth-order valence-electron chi connectivity index (χ4n) is 1.29. The van der Waals surface area contributed by atoms with Crippen LogP contribution in [0.3, 0.4) is 0 Å². The van der Waals surface area contributed by atoms with Crippen molar-refractivity contribution in [2.24, 2.45) is 5.73 Å². The molecular formula is C12H16F2N2O. The van der Waals surface area contributed by atoms with Gasteiger partial charge >= 0.3 is 0 Å². The number of hydrogen-bond acceptors (Lipinski definition) is 2. The molecule has 1 amide bonds. The van der Waals surface area contributed by atoms with Crippen LogP contribution in [0.5, 0.6) is 0 Å². The number of carbonyl (C=O) groups excluding carboxylic acids is 1. The Morgan fingerprint density at radius 2 is 2.12 bits per heavy atom. The molecule has 1 atom stereocenters. The Morgan fingerprint density at radius 3 is 2.71 bits per heavy atom. The molecule has 0 aliphatic carbocycles. The Balaban J connectivity index is 2.48. The largest absolute Gasteiger partial charge is 0.354 e. The molecule has 1 unspecified atom stereocenters. The molecule has 1 rings (SSSR count). The van der Waals surface area contributed by atoms with Crippen LogP contribution in [-0.2, 0) is 11.2 Å². The van der Waals surface area contributed by atoms with Crippen LogP contribution in [0.2, 0.25) is 0 Å². The van der Waals surface area contributed by atoms with E-state index in [1.54, 1.807) is 0 Å². The van der Waals surface area contributed by atoms with Gasteiger partial charge in [0, 0.05) is 12.6 Å². The second kappa shape index (κ2) is 6.30. The van der Waals surface area contributed by atoms with Crippen molar-refractivity contribution in [3.63, 3.8) is 0 Å². The number of amides is 1. The lowest BCUT2D eigenvalue weighted by atomic mass is 10.1. The topological polar surface area (TPSA) is 55.1 Å². The maximum absolute atomic E-state index is 12.9. The van der Waals surface area contributed by atoms with E-state index < -0.39 is 11.6 Å². The van der Waals surface area contributed by atoms with Crippen molar-refractivity contribution < 1.29 is 13.6 Å². The maximum atomic E-state index is 12.9. The minimum absolute atomic E-state index is 0.0215. The van der Waals surface area contributed by atoms with E-state index in [-0.39, 0.29) is 18.4 Å². The van der Waals surface area contributed by atoms with Crippen molar-refractivity contribution in [2.75, 3.05) is 6.54 Å². The quantitative estimate of drug-likeness (QED) is 0.819. The van der Waals surface area contributed by atoms with Gasteiger partial charge in [-0.2, -0.15) is 0 Å². The van der Waals surface area contributed by atoms with Gasteiger partial charge in [0.15, 0.2) is 11.6 Å². The highest BCUT2D eigenvalue weighted by Gasteiger charge is 2.08. The van der Waals surface area contributed by atoms with Gasteiger partial charge in [0.05, 0.1) is 6.42 Å². The SMILES string of the molecule is CCC(N)CNC(=O)Cc1ccc(F)c(F)c1. The van der Waals surface area contributed by atoms with Gasteiger partial charge in [-0.05, 0) is 24.1 Å². The van der Waals surface area contributed by atoms with Crippen molar-refractivity contribution in [3.05, 3.63) is 35.4 Å². The summed E-state index contributed by atoms with van der Waals surface area (Å²) in [4.78, 5) is 11.4. The van der Waals surface area contributed by atoms with E-state index >= 15 is 0 Å². The van der Waals surface area contributed by atoms with Gasteiger partial charge in [-0.15, -0.1) is 0 Å². The van der Waals surface area contributed by atoms with Crippen LogP contribution >= 0.6 is 0 Å². The van der Waals surface area contributed by atoms with E-state index in [2.05, 4.69) is 5.32 Å². The Hall–Kier alpha value is -1.49. The second-order valence-corrected chi connectivity index (χ2v) is 3.90. The molecule has 5 heteroatoms. The summed E-state index contributed by atoms with van der Waals surface area (Å²) in [6.07, 6.45) is 0.791. The first kappa shape index (κ1) is 13.6. The Bertz CT molecular complexity index is 396. The molecule has 0 aliphatic rings. The molecule has 0 heterocycles. The number of rotatable bonds is 5. The number of nitrogens with two attached hydrogens (primary N) is 1. The van der Waals surface area contributed by atoms with E-state index in [1.807, 2.05) is 6.92 Å². The third-order valence-corrected chi connectivity index (χ3v) is 2.43. The summed E-state index contributed by atoms with van der Waals surface area (Å²) < 4.78 is 25.5. The predicted molar refractivity (Wildman–Crippen MR) is 61.3 cm³/mol. The maximum Gasteiger partial charge on any atom is 0.224 e. The van der Waals surface area contributed by atoms with Gasteiger partial charge in [-0.25, -0.2) is 8.78 Å². The molecule has 0 saturated carbocycles. The Labute approximate surface area is 99.0 Å². The van der Waals surface area contributed by atoms with Crippen LogP contribution in [0.15, 0.2) is 18.2 Å². The zero-order chi connectivity index (χ0) is 12.8. The first-order chi connectivity index (χ1) is 8.02. The van der Waals surface area contributed by atoms with Gasteiger partial charge < -0.3 is 11.1 Å². The molecule has 0 bridgehead atoms. The van der Waals surface area contributed by atoms with Gasteiger partial charge in [0.25, 0.3) is 0 Å². The Kier molecular flexibility index (Phi) is 5.03. The number of benzene rings is 1. The molecule has 0 spiro atoms. The molecule has 94 valence electrons. The zero-order valence-corrected chi connectivity index (χ0v) is 9.67. The van der Waals surface area contributed by atoms with E-state index in [0.717, 1.165) is 18.6 Å². The van der Waals surface area contributed by atoms with Crippen molar-refractivity contribution in [1.82, 2.24) is 5.32 Å². The molecular weight excluding hydrogens is 226 g/mol. The molecule has 0 aromatic heterocycles. The third-order valence-electron chi connectivity index (χ3n) is 2.43. The van der Waals surface area contributed by atoms with Crippen LogP contribution in [0.4, 0.5) is 8.78 Å². The van der Waals surface area contributed by atoms with Gasteiger partial charge in [0.1, 0.15) is 0 Å². The first-order valence-electron chi connectivity index (χ1n) is 5.49. The van der Waals surface area contributed by atoms with Gasteiger partial charge in [-0.3, -0.25) is 4.79 Å². The lowest BCUT2D eigenvalue weighted by Gasteiger charge is -2.10. The highest BCUT2D eigenvalue weighted by molar-refractivity contribution is 5.78. The van der Waals surface area contributed by atoms with E-state index in [4.69, 9.17) is 5.73 Å². The number of nitrogens with one attached hydrogen (secondary N) is 1. The van der Waals surface area contributed by atoms with E-state index in [1.165, 1.54) is 6.07 Å². The van der Waals surface area contributed by atoms with Crippen LogP contribution < -0.4 is 11.1 Å². The predicted octanol–water partition coefficient (Wildman–Crippen LogP) is 1.36. The van der Waals surface area contributed by atoms with E-state index in [0.29, 0.717) is 12.1 Å². The fraction of sp³-hybridized carbons (Fsp3) is 0.417. The van der Waals surface area contributed by atoms with Crippen LogP contribution in [0.25, 0.3) is 0 Å². The smallest absolute Gasteiger partial charge is 0.224 e. The molecule has 17 heavy (non-hydrogen) atoms. The first-order valence-corrected chi connectivity index (χ1v) is 5.49. The lowest BCUT2D eigenvalue weighted by Crippen LogP contribution is -2.37. The zero-order valence-electron chi connectivity index (χ0n) is 9.67. The van der Waals surface area contributed by atoms with Gasteiger partial charge in [0.2, 0.25) is 5.91 Å². The minimum Gasteiger partial charge on any atom is -0.354 e. The molecule has 0 aliphatic heterocycles. The highest BCUT2D eigenvalue weighted by atomic mass is 19.2. The van der Waals surface area contributed by atoms with Crippen LogP contribution in [0.1, 0.15) is 18.9 Å². The summed E-state index contributed by atoms with van der Waals surface area (Å²) in [6.45, 7) is 2.31. The van der Waals surface area contributed by atoms with Crippen LogP contribution in [-0.4, -0.2) is 18.5 Å². The number of carbonyl (C=O) groups is 1. The fourth-order valence-corrected chi connectivity index (χ4v) is 1.29. The summed E-state index contributed by atoms with van der Waals surface area (Å²) in [7, 11) is 0. The summed E-state index contributed by atoms with van der Waals surface area (Å²) in [5.41, 5.74) is 6.07. The monoisotopic (exact) mass is 242 g/mol. The lowest BCUT2D eigenvalue weighted by molar-refractivity contribution is -0.120. The van der Waals surface area contributed by atoms with Crippen molar-refractivity contribution in [2.45, 2.75) is 25.8 Å². The minimum atomic E-state index is -0.944. The third kappa shape index (κ3) is 4.48. The standard InChI is InChI=1S/C12H16F2N2O/c1-2-9(15)7-16-12(17)6-8-3-4-10(13)11(14)5-8/h3-5,9H,2,6-7,15H2,1H3,(H,16,17). The van der Waals surface area contributed by atoms with Crippen molar-refractivity contribution in [1.29, 1.82) is 0 Å². The molecule has 3 N–H and O–H groups in total. The molecule has 1 aromatic carbocycles. The Morgan fingerprint density at radius 1 is 1.41 bits per heavy atom. The molecule has 0 fully saturated rings. The summed E-state index contributed by atoms with van der Waals surface area (Å²) in [5.74, 6) is -2.11. The summed E-state index contributed by atoms with van der Waals surface area (Å²) in [6, 6.07) is 3.34. The molecule has 0 radical (unpaired) electrons. The summed E-state index contributed by atoms with van der Waals surface area (Å²) in [5, 5.41) is 2.64. The highest BCUT2D eigenvalue weighted by Crippen LogP contribution is 2.09. The average Bonchev–Trinajstić information content (AvgIpc) is 2.31. The van der Waals surface area contributed by atoms with Crippen molar-refractivity contribution in [3.8, 4) is 0 Å². The van der Waals surface area contributed by atoms with Gasteiger partial charge in [-0.1, -0.05) is 13.0 Å². The molecule has 0 saturated heterocycles. The van der Waals surface area contributed by atoms with Crippen molar-refractivity contribution >= 4 is 5.91 Å².